The highest BCUT2D eigenvalue weighted by atomic mass is 35.5. The van der Waals surface area contributed by atoms with Crippen LogP contribution in [0.5, 0.6) is 0 Å². The quantitative estimate of drug-likeness (QED) is 0.757. The summed E-state index contributed by atoms with van der Waals surface area (Å²) in [5.41, 5.74) is 1.25. The number of pyridine rings is 1. The maximum absolute atomic E-state index is 5.88. The van der Waals surface area contributed by atoms with Crippen molar-refractivity contribution in [3.05, 3.63) is 29.0 Å². The van der Waals surface area contributed by atoms with Crippen molar-refractivity contribution >= 4 is 23.4 Å². The Morgan fingerprint density at radius 1 is 1.56 bits per heavy atom. The van der Waals surface area contributed by atoms with Crippen molar-refractivity contribution in [2.45, 2.75) is 25.1 Å². The fourth-order valence-electron chi connectivity index (χ4n) is 2.05. The smallest absolute Gasteiger partial charge is 0.129 e. The number of hydrogen-bond acceptors (Lipinski definition) is 3. The highest BCUT2D eigenvalue weighted by Gasteiger charge is 2.26. The average Bonchev–Trinajstić information content (AvgIpc) is 2.15. The standard InChI is InChI=1S/C12H17ClN2S/c1-12(2)9-15(5-6-16-12)8-10-3-4-14-11(13)7-10/h3-4,7H,5-6,8-9H2,1-2H3. The monoisotopic (exact) mass is 256 g/mol. The van der Waals surface area contributed by atoms with Gasteiger partial charge < -0.3 is 0 Å². The molecular formula is C12H17ClN2S. The molecule has 0 aromatic carbocycles. The Balaban J connectivity index is 1.99. The molecule has 1 aromatic heterocycles. The predicted molar refractivity (Wildman–Crippen MR) is 71.1 cm³/mol. The molecular weight excluding hydrogens is 240 g/mol. The van der Waals surface area contributed by atoms with Gasteiger partial charge in [0.05, 0.1) is 0 Å². The predicted octanol–water partition coefficient (Wildman–Crippen LogP) is 3.06. The lowest BCUT2D eigenvalue weighted by Gasteiger charge is -2.37. The summed E-state index contributed by atoms with van der Waals surface area (Å²) in [6.07, 6.45) is 1.78. The summed E-state index contributed by atoms with van der Waals surface area (Å²) in [4.78, 5) is 6.49. The van der Waals surface area contributed by atoms with Crippen LogP contribution in [0.2, 0.25) is 5.15 Å². The van der Waals surface area contributed by atoms with E-state index in [1.165, 1.54) is 11.3 Å². The Bertz CT molecular complexity index is 368. The van der Waals surface area contributed by atoms with Crippen LogP contribution in [0.3, 0.4) is 0 Å². The van der Waals surface area contributed by atoms with Crippen molar-refractivity contribution in [3.8, 4) is 0 Å². The molecule has 1 aliphatic rings. The van der Waals surface area contributed by atoms with E-state index in [2.05, 4.69) is 35.5 Å². The van der Waals surface area contributed by atoms with Crippen molar-refractivity contribution in [1.29, 1.82) is 0 Å². The average molecular weight is 257 g/mol. The first-order valence-corrected chi connectivity index (χ1v) is 6.88. The van der Waals surface area contributed by atoms with E-state index in [1.54, 1.807) is 6.20 Å². The summed E-state index contributed by atoms with van der Waals surface area (Å²) in [7, 11) is 0. The fraction of sp³-hybridized carbons (Fsp3) is 0.583. The number of rotatable bonds is 2. The van der Waals surface area contributed by atoms with Crippen LogP contribution in [0.1, 0.15) is 19.4 Å². The molecule has 2 rings (SSSR count). The second kappa shape index (κ2) is 4.94. The zero-order valence-corrected chi connectivity index (χ0v) is 11.3. The minimum Gasteiger partial charge on any atom is -0.297 e. The Labute approximate surface area is 106 Å². The molecule has 0 radical (unpaired) electrons. The largest absolute Gasteiger partial charge is 0.297 e. The minimum absolute atomic E-state index is 0.370. The highest BCUT2D eigenvalue weighted by Crippen LogP contribution is 2.30. The van der Waals surface area contributed by atoms with Gasteiger partial charge in [0.25, 0.3) is 0 Å². The highest BCUT2D eigenvalue weighted by molar-refractivity contribution is 8.00. The topological polar surface area (TPSA) is 16.1 Å². The van der Waals surface area contributed by atoms with Gasteiger partial charge >= 0.3 is 0 Å². The first kappa shape index (κ1) is 12.2. The zero-order chi connectivity index (χ0) is 11.6. The van der Waals surface area contributed by atoms with Gasteiger partial charge in [-0.05, 0) is 31.5 Å². The van der Waals surface area contributed by atoms with E-state index in [4.69, 9.17) is 11.6 Å². The molecule has 2 heterocycles. The lowest BCUT2D eigenvalue weighted by Crippen LogP contribution is -2.42. The molecule has 1 fully saturated rings. The van der Waals surface area contributed by atoms with Crippen molar-refractivity contribution in [1.82, 2.24) is 9.88 Å². The van der Waals surface area contributed by atoms with E-state index in [-0.39, 0.29) is 0 Å². The third-order valence-electron chi connectivity index (χ3n) is 2.70. The SMILES string of the molecule is CC1(C)CN(Cc2ccnc(Cl)c2)CCS1. The number of thioether (sulfide) groups is 1. The third kappa shape index (κ3) is 3.37. The maximum Gasteiger partial charge on any atom is 0.129 e. The number of hydrogen-bond donors (Lipinski definition) is 0. The van der Waals surface area contributed by atoms with Gasteiger partial charge in [-0.2, -0.15) is 11.8 Å². The molecule has 0 N–H and O–H groups in total. The molecule has 0 saturated carbocycles. The molecule has 1 saturated heterocycles. The molecule has 0 atom stereocenters. The molecule has 2 nitrogen and oxygen atoms in total. The Hall–Kier alpha value is -0.250. The van der Waals surface area contributed by atoms with Gasteiger partial charge in [0, 0.05) is 36.3 Å². The normalized spacial score (nSPS) is 20.9. The van der Waals surface area contributed by atoms with E-state index < -0.39 is 0 Å². The molecule has 0 amide bonds. The van der Waals surface area contributed by atoms with Crippen LogP contribution in [0.15, 0.2) is 18.3 Å². The zero-order valence-electron chi connectivity index (χ0n) is 9.74. The van der Waals surface area contributed by atoms with Crippen LogP contribution >= 0.6 is 23.4 Å². The van der Waals surface area contributed by atoms with Gasteiger partial charge in [-0.1, -0.05) is 11.6 Å². The van der Waals surface area contributed by atoms with Crippen molar-refractivity contribution in [2.75, 3.05) is 18.8 Å². The van der Waals surface area contributed by atoms with E-state index in [9.17, 15) is 0 Å². The van der Waals surface area contributed by atoms with E-state index in [0.717, 1.165) is 19.6 Å². The molecule has 0 bridgehead atoms. The van der Waals surface area contributed by atoms with Crippen molar-refractivity contribution < 1.29 is 0 Å². The molecule has 0 spiro atoms. The molecule has 88 valence electrons. The summed E-state index contributed by atoms with van der Waals surface area (Å²) >= 11 is 7.94. The van der Waals surface area contributed by atoms with Crippen molar-refractivity contribution in [2.24, 2.45) is 0 Å². The Morgan fingerprint density at radius 3 is 3.06 bits per heavy atom. The summed E-state index contributed by atoms with van der Waals surface area (Å²) in [5, 5.41) is 0.586. The van der Waals surface area contributed by atoms with Crippen LogP contribution in [0, 0.1) is 0 Å². The third-order valence-corrected chi connectivity index (χ3v) is 4.21. The van der Waals surface area contributed by atoms with Crippen LogP contribution in [0.4, 0.5) is 0 Å². The summed E-state index contributed by atoms with van der Waals surface area (Å²) in [6, 6.07) is 4.00. The van der Waals surface area contributed by atoms with Gasteiger partial charge in [0.2, 0.25) is 0 Å². The Morgan fingerprint density at radius 2 is 2.38 bits per heavy atom. The van der Waals surface area contributed by atoms with E-state index in [1.807, 2.05) is 12.1 Å². The summed E-state index contributed by atoms with van der Waals surface area (Å²) in [6.45, 7) is 7.89. The fourth-order valence-corrected chi connectivity index (χ4v) is 3.42. The summed E-state index contributed by atoms with van der Waals surface area (Å²) < 4.78 is 0.370. The van der Waals surface area contributed by atoms with Crippen molar-refractivity contribution in [3.63, 3.8) is 0 Å². The number of aromatic nitrogens is 1. The second-order valence-electron chi connectivity index (χ2n) is 4.81. The second-order valence-corrected chi connectivity index (χ2v) is 6.99. The number of halogens is 1. The molecule has 0 unspecified atom stereocenters. The van der Waals surface area contributed by atoms with E-state index in [0.29, 0.717) is 9.90 Å². The first-order valence-electron chi connectivity index (χ1n) is 5.52. The van der Waals surface area contributed by atoms with Crippen LogP contribution in [-0.4, -0.2) is 33.5 Å². The Kier molecular flexibility index (Phi) is 3.77. The molecule has 1 aliphatic heterocycles. The lowest BCUT2D eigenvalue weighted by molar-refractivity contribution is 0.252. The van der Waals surface area contributed by atoms with Crippen LogP contribution in [0.25, 0.3) is 0 Å². The molecule has 1 aromatic rings. The van der Waals surface area contributed by atoms with Crippen LogP contribution in [-0.2, 0) is 6.54 Å². The van der Waals surface area contributed by atoms with Gasteiger partial charge in [0.15, 0.2) is 0 Å². The summed E-state index contributed by atoms with van der Waals surface area (Å²) in [5.74, 6) is 1.21. The van der Waals surface area contributed by atoms with Gasteiger partial charge in [-0.3, -0.25) is 4.90 Å². The van der Waals surface area contributed by atoms with Gasteiger partial charge in [0.1, 0.15) is 5.15 Å². The lowest BCUT2D eigenvalue weighted by atomic mass is 10.1. The molecule has 4 heteroatoms. The van der Waals surface area contributed by atoms with Gasteiger partial charge in [-0.25, -0.2) is 4.98 Å². The molecule has 0 aliphatic carbocycles. The van der Waals surface area contributed by atoms with Gasteiger partial charge in [-0.15, -0.1) is 0 Å². The first-order chi connectivity index (χ1) is 7.55. The maximum atomic E-state index is 5.88. The molecule has 16 heavy (non-hydrogen) atoms. The van der Waals surface area contributed by atoms with E-state index >= 15 is 0 Å². The minimum atomic E-state index is 0.370. The van der Waals surface area contributed by atoms with Crippen LogP contribution < -0.4 is 0 Å². The number of nitrogens with zero attached hydrogens (tertiary/aromatic N) is 2.